The van der Waals surface area contributed by atoms with Crippen LogP contribution in [0.15, 0.2) is 64.4 Å². The molecule has 0 spiro atoms. The molecular formula is C28H25NO6S. The molecule has 3 aromatic rings. The van der Waals surface area contributed by atoms with Crippen molar-refractivity contribution in [3.05, 3.63) is 88.0 Å². The summed E-state index contributed by atoms with van der Waals surface area (Å²) in [4.78, 5) is 52.8. The van der Waals surface area contributed by atoms with Crippen molar-refractivity contribution in [2.45, 2.75) is 36.0 Å². The monoisotopic (exact) mass is 503 g/mol. The number of nitrogens with two attached hydrogens (primary N) is 1. The first-order valence-corrected chi connectivity index (χ1v) is 12.4. The lowest BCUT2D eigenvalue weighted by Crippen LogP contribution is -2.25. The Kier molecular flexibility index (Phi) is 7.55. The van der Waals surface area contributed by atoms with Gasteiger partial charge in [-0.1, -0.05) is 55.8 Å². The second-order valence-electron chi connectivity index (χ2n) is 8.25. The number of carbonyl (C=O) groups excluding carboxylic acids is 4. The van der Waals surface area contributed by atoms with Crippen LogP contribution in [0.4, 0.5) is 5.69 Å². The lowest BCUT2D eigenvalue weighted by molar-refractivity contribution is 0.0498. The van der Waals surface area contributed by atoms with Crippen LogP contribution in [0.1, 0.15) is 78.7 Å². The molecule has 0 bridgehead atoms. The summed E-state index contributed by atoms with van der Waals surface area (Å²) >= 11 is 1.19. The van der Waals surface area contributed by atoms with Crippen LogP contribution in [0.3, 0.4) is 0 Å². The Labute approximate surface area is 213 Å². The zero-order chi connectivity index (χ0) is 25.8. The van der Waals surface area contributed by atoms with Crippen LogP contribution in [0.25, 0.3) is 0 Å². The predicted octanol–water partition coefficient (Wildman–Crippen LogP) is 5.33. The van der Waals surface area contributed by atoms with Crippen molar-refractivity contribution in [2.75, 3.05) is 19.5 Å². The van der Waals surface area contributed by atoms with Crippen molar-refractivity contribution in [1.82, 2.24) is 0 Å². The molecule has 0 fully saturated rings. The van der Waals surface area contributed by atoms with Crippen LogP contribution in [0, 0.1) is 0 Å². The number of esters is 2. The largest absolute Gasteiger partial charge is 0.465 e. The Bertz CT molecular complexity index is 1360. The van der Waals surface area contributed by atoms with E-state index in [1.165, 1.54) is 24.9 Å². The number of methoxy groups -OCH3 is 1. The number of rotatable bonds is 8. The number of ketones is 2. The van der Waals surface area contributed by atoms with Gasteiger partial charge in [0.25, 0.3) is 0 Å². The first kappa shape index (κ1) is 25.2. The first-order chi connectivity index (χ1) is 17.4. The number of benzene rings is 3. The van der Waals surface area contributed by atoms with Crippen LogP contribution in [0.2, 0.25) is 0 Å². The van der Waals surface area contributed by atoms with E-state index in [0.717, 1.165) is 12.8 Å². The van der Waals surface area contributed by atoms with Crippen LogP contribution in [0.5, 0.6) is 0 Å². The van der Waals surface area contributed by atoms with Crippen LogP contribution in [-0.2, 0) is 9.47 Å². The molecule has 2 N–H and O–H groups in total. The molecule has 0 heterocycles. The normalized spacial score (nSPS) is 12.1. The Morgan fingerprint density at radius 3 is 2.14 bits per heavy atom. The number of anilines is 1. The molecule has 4 rings (SSSR count). The second-order valence-corrected chi connectivity index (χ2v) is 9.37. The van der Waals surface area contributed by atoms with E-state index in [1.54, 1.807) is 48.5 Å². The highest BCUT2D eigenvalue weighted by molar-refractivity contribution is 7.99. The lowest BCUT2D eigenvalue weighted by atomic mass is 9.82. The highest BCUT2D eigenvalue weighted by Crippen LogP contribution is 2.41. The minimum absolute atomic E-state index is 0.00962. The first-order valence-electron chi connectivity index (χ1n) is 11.6. The summed E-state index contributed by atoms with van der Waals surface area (Å²) in [6.45, 7) is 2.28. The topological polar surface area (TPSA) is 113 Å². The smallest absolute Gasteiger partial charge is 0.340 e. The SMILES string of the molecule is CCCCCOC(=O)c1cc(Sc2ccc(C(=O)OC)cc2)c2c(c1N)C(=O)c1ccccc1C2=O. The molecule has 0 amide bonds. The van der Waals surface area contributed by atoms with Crippen molar-refractivity contribution in [2.24, 2.45) is 0 Å². The summed E-state index contributed by atoms with van der Waals surface area (Å²) in [6.07, 6.45) is 2.61. The molecule has 0 atom stereocenters. The van der Waals surface area contributed by atoms with Crippen LogP contribution >= 0.6 is 11.8 Å². The second kappa shape index (κ2) is 10.8. The molecule has 0 radical (unpaired) electrons. The summed E-state index contributed by atoms with van der Waals surface area (Å²) in [5.74, 6) is -1.88. The Balaban J connectivity index is 1.80. The zero-order valence-electron chi connectivity index (χ0n) is 20.0. The van der Waals surface area contributed by atoms with Crippen LogP contribution in [-0.4, -0.2) is 37.2 Å². The van der Waals surface area contributed by atoms with Crippen LogP contribution < -0.4 is 5.73 Å². The molecule has 7 nitrogen and oxygen atoms in total. The Morgan fingerprint density at radius 2 is 1.53 bits per heavy atom. The average Bonchev–Trinajstić information content (AvgIpc) is 2.90. The zero-order valence-corrected chi connectivity index (χ0v) is 20.8. The van der Waals surface area contributed by atoms with Crippen molar-refractivity contribution in [3.8, 4) is 0 Å². The number of unbranched alkanes of at least 4 members (excludes halogenated alkanes) is 2. The van der Waals surface area contributed by atoms with Gasteiger partial charge in [-0.05, 0) is 36.8 Å². The fourth-order valence-electron chi connectivity index (χ4n) is 4.03. The highest BCUT2D eigenvalue weighted by atomic mass is 32.2. The summed E-state index contributed by atoms with van der Waals surface area (Å²) < 4.78 is 10.2. The van der Waals surface area contributed by atoms with Gasteiger partial charge in [0.05, 0.1) is 36.1 Å². The maximum Gasteiger partial charge on any atom is 0.340 e. The maximum atomic E-state index is 13.5. The van der Waals surface area contributed by atoms with E-state index in [2.05, 4.69) is 0 Å². The van der Waals surface area contributed by atoms with E-state index in [1.807, 2.05) is 6.92 Å². The third-order valence-corrected chi connectivity index (χ3v) is 6.96. The number of fused-ring (bicyclic) bond motifs is 2. The molecule has 0 saturated heterocycles. The van der Waals surface area contributed by atoms with Gasteiger partial charge in [0, 0.05) is 26.5 Å². The summed E-state index contributed by atoms with van der Waals surface area (Å²) in [6, 6.07) is 14.7. The third-order valence-electron chi connectivity index (χ3n) is 5.91. The van der Waals surface area contributed by atoms with Gasteiger partial charge in [-0.2, -0.15) is 0 Å². The van der Waals surface area contributed by atoms with E-state index in [9.17, 15) is 19.2 Å². The predicted molar refractivity (Wildman–Crippen MR) is 136 cm³/mol. The number of hydrogen-bond donors (Lipinski definition) is 1. The molecule has 1 aliphatic carbocycles. The molecule has 0 saturated carbocycles. The standard InChI is InChI=1S/C28H25NO6S/c1-3-4-7-14-35-28(33)20-15-21(36-17-12-10-16(11-13-17)27(32)34-2)22-23(24(20)29)26(31)19-9-6-5-8-18(19)25(22)30/h5-6,8-13,15H,3-4,7,14,29H2,1-2H3. The van der Waals surface area contributed by atoms with Gasteiger partial charge < -0.3 is 15.2 Å². The molecule has 184 valence electrons. The van der Waals surface area contributed by atoms with E-state index in [-0.39, 0.29) is 45.9 Å². The summed E-state index contributed by atoms with van der Waals surface area (Å²) in [5.41, 5.74) is 7.38. The average molecular weight is 504 g/mol. The molecule has 0 aliphatic heterocycles. The lowest BCUT2D eigenvalue weighted by Gasteiger charge is -2.23. The van der Waals surface area contributed by atoms with Crippen molar-refractivity contribution < 1.29 is 28.7 Å². The molecule has 8 heteroatoms. The van der Waals surface area contributed by atoms with Gasteiger partial charge in [-0.15, -0.1) is 0 Å². The number of nitrogen functional groups attached to an aromatic ring is 1. The fourth-order valence-corrected chi connectivity index (χ4v) is 5.03. The van der Waals surface area contributed by atoms with Gasteiger partial charge in [0.15, 0.2) is 11.6 Å². The van der Waals surface area contributed by atoms with E-state index >= 15 is 0 Å². The molecule has 1 aliphatic rings. The molecule has 0 aromatic heterocycles. The van der Waals surface area contributed by atoms with Crippen molar-refractivity contribution >= 4 is 41.0 Å². The van der Waals surface area contributed by atoms with Crippen molar-refractivity contribution in [3.63, 3.8) is 0 Å². The summed E-state index contributed by atoms with van der Waals surface area (Å²) in [7, 11) is 1.30. The van der Waals surface area contributed by atoms with Gasteiger partial charge >= 0.3 is 11.9 Å². The number of ether oxygens (including phenoxy) is 2. The van der Waals surface area contributed by atoms with Gasteiger partial charge in [0.1, 0.15) is 0 Å². The quantitative estimate of drug-likeness (QED) is 0.195. The molecule has 0 unspecified atom stereocenters. The fraction of sp³-hybridized carbons (Fsp3) is 0.214. The maximum absolute atomic E-state index is 13.5. The Hall–Kier alpha value is -3.91. The van der Waals surface area contributed by atoms with E-state index < -0.39 is 17.7 Å². The number of carbonyl (C=O) groups is 4. The molecule has 36 heavy (non-hydrogen) atoms. The van der Waals surface area contributed by atoms with Gasteiger partial charge in [-0.25, -0.2) is 9.59 Å². The highest BCUT2D eigenvalue weighted by Gasteiger charge is 2.36. The molecule has 3 aromatic carbocycles. The third kappa shape index (κ3) is 4.77. The Morgan fingerprint density at radius 1 is 0.889 bits per heavy atom. The molecular weight excluding hydrogens is 478 g/mol. The van der Waals surface area contributed by atoms with E-state index in [0.29, 0.717) is 21.8 Å². The number of hydrogen-bond acceptors (Lipinski definition) is 8. The minimum atomic E-state index is -0.645. The minimum Gasteiger partial charge on any atom is -0.465 e. The van der Waals surface area contributed by atoms with E-state index in [4.69, 9.17) is 15.2 Å². The van der Waals surface area contributed by atoms with Gasteiger partial charge in [-0.3, -0.25) is 9.59 Å². The van der Waals surface area contributed by atoms with Crippen molar-refractivity contribution in [1.29, 1.82) is 0 Å². The van der Waals surface area contributed by atoms with Gasteiger partial charge in [0.2, 0.25) is 0 Å². The summed E-state index contributed by atoms with van der Waals surface area (Å²) in [5, 5.41) is 0.